The highest BCUT2D eigenvalue weighted by atomic mass is 16.4. The first kappa shape index (κ1) is 29.9. The van der Waals surface area contributed by atoms with Crippen LogP contribution in [-0.2, 0) is 27.2 Å². The summed E-state index contributed by atoms with van der Waals surface area (Å²) >= 11 is 0. The number of para-hydroxylation sites is 2. The van der Waals surface area contributed by atoms with Gasteiger partial charge in [-0.1, -0.05) is 70.0 Å². The van der Waals surface area contributed by atoms with E-state index in [0.29, 0.717) is 12.2 Å². The van der Waals surface area contributed by atoms with Crippen molar-refractivity contribution in [2.24, 2.45) is 11.8 Å². The smallest absolute Gasteiger partial charge is 0.304 e. The van der Waals surface area contributed by atoms with Crippen LogP contribution in [0.2, 0.25) is 0 Å². The van der Waals surface area contributed by atoms with E-state index in [4.69, 9.17) is 0 Å². The lowest BCUT2D eigenvalue weighted by Gasteiger charge is -2.34. The molecule has 4 rings (SSSR count). The molecule has 0 aliphatic carbocycles. The molecule has 4 N–H and O–H groups in total. The maximum Gasteiger partial charge on any atom is 0.304 e. The minimum absolute atomic E-state index is 0.101. The molecule has 1 unspecified atom stereocenters. The standard InChI is InChI=1S/C33H42N4O4/c1-5-6-7-14-26-25-13-9-11-16-28(25)36-31(26)37(33(41)22(17-21(2)3)19-30(38)39)29(32(40)34-4)18-23-20-35-27-15-10-8-12-24(23)27/h8-13,15-16,20-22,29,35-36H,5-7,14,17-19H2,1-4H3,(H,34,40)(H,38,39)/t22?,29-/m0/s1. The van der Waals surface area contributed by atoms with Crippen LogP contribution in [0.5, 0.6) is 0 Å². The largest absolute Gasteiger partial charge is 0.481 e. The molecule has 0 radical (unpaired) electrons. The summed E-state index contributed by atoms with van der Waals surface area (Å²) < 4.78 is 0. The van der Waals surface area contributed by atoms with E-state index in [1.165, 1.54) is 0 Å². The van der Waals surface area contributed by atoms with Crippen molar-refractivity contribution in [3.8, 4) is 0 Å². The predicted molar refractivity (Wildman–Crippen MR) is 164 cm³/mol. The van der Waals surface area contributed by atoms with E-state index in [0.717, 1.165) is 58.6 Å². The monoisotopic (exact) mass is 558 g/mol. The van der Waals surface area contributed by atoms with Gasteiger partial charge in [0, 0.05) is 53.0 Å². The van der Waals surface area contributed by atoms with Crippen LogP contribution in [0.1, 0.15) is 64.0 Å². The van der Waals surface area contributed by atoms with Gasteiger partial charge < -0.3 is 20.4 Å². The molecule has 0 fully saturated rings. The second kappa shape index (κ2) is 13.5. The Morgan fingerprint density at radius 3 is 2.32 bits per heavy atom. The number of anilines is 1. The first-order valence-electron chi connectivity index (χ1n) is 14.7. The van der Waals surface area contributed by atoms with Gasteiger partial charge in [-0.3, -0.25) is 19.3 Å². The summed E-state index contributed by atoms with van der Waals surface area (Å²) in [5.41, 5.74) is 3.72. The molecular weight excluding hydrogens is 516 g/mol. The molecule has 218 valence electrons. The third-order valence-corrected chi connectivity index (χ3v) is 7.77. The van der Waals surface area contributed by atoms with Crippen LogP contribution in [0.25, 0.3) is 21.8 Å². The molecule has 0 aliphatic heterocycles. The second-order valence-electron chi connectivity index (χ2n) is 11.3. The lowest BCUT2D eigenvalue weighted by Crippen LogP contribution is -2.53. The number of hydrogen-bond donors (Lipinski definition) is 4. The Morgan fingerprint density at radius 2 is 1.66 bits per heavy atom. The number of aryl methyl sites for hydroxylation is 1. The SMILES string of the molecule is CCCCCc1c(N(C(=O)C(CC(=O)O)CC(C)C)[C@@H](Cc2c[nH]c3ccccc23)C(=O)NC)[nH]c2ccccc12. The number of aromatic nitrogens is 2. The maximum absolute atomic E-state index is 14.6. The van der Waals surface area contributed by atoms with Gasteiger partial charge in [0.2, 0.25) is 11.8 Å². The minimum Gasteiger partial charge on any atom is -0.481 e. The molecule has 0 saturated carbocycles. The molecule has 41 heavy (non-hydrogen) atoms. The fourth-order valence-electron chi connectivity index (χ4n) is 5.84. The number of carboxylic acid groups (broad SMARTS) is 1. The fourth-order valence-corrected chi connectivity index (χ4v) is 5.84. The summed E-state index contributed by atoms with van der Waals surface area (Å²) in [6.45, 7) is 6.11. The predicted octanol–water partition coefficient (Wildman–Crippen LogP) is 6.21. The zero-order chi connectivity index (χ0) is 29.5. The number of rotatable bonds is 14. The van der Waals surface area contributed by atoms with Crippen molar-refractivity contribution < 1.29 is 19.5 Å². The number of carboxylic acids is 1. The molecule has 0 bridgehead atoms. The highest BCUT2D eigenvalue weighted by molar-refractivity contribution is 6.05. The first-order valence-corrected chi connectivity index (χ1v) is 14.7. The molecule has 8 heteroatoms. The molecule has 2 aromatic carbocycles. The number of unbranched alkanes of at least 4 members (excludes halogenated alkanes) is 2. The molecule has 0 spiro atoms. The van der Waals surface area contributed by atoms with Crippen LogP contribution in [0.15, 0.2) is 54.7 Å². The summed E-state index contributed by atoms with van der Waals surface area (Å²) in [5, 5.41) is 14.5. The molecule has 0 aliphatic rings. The van der Waals surface area contributed by atoms with E-state index in [-0.39, 0.29) is 30.6 Å². The quantitative estimate of drug-likeness (QED) is 0.138. The Kier molecular flexibility index (Phi) is 9.86. The average Bonchev–Trinajstić information content (AvgIpc) is 3.53. The minimum atomic E-state index is -1.03. The van der Waals surface area contributed by atoms with Gasteiger partial charge in [-0.15, -0.1) is 0 Å². The fraction of sp³-hybridized carbons (Fsp3) is 0.424. The van der Waals surface area contributed by atoms with Crippen LogP contribution in [0, 0.1) is 11.8 Å². The van der Waals surface area contributed by atoms with Crippen molar-refractivity contribution >= 4 is 45.4 Å². The lowest BCUT2D eigenvalue weighted by molar-refractivity contribution is -0.141. The second-order valence-corrected chi connectivity index (χ2v) is 11.3. The third kappa shape index (κ3) is 6.81. The number of nitrogens with one attached hydrogen (secondary N) is 3. The number of aliphatic carboxylic acids is 1. The highest BCUT2D eigenvalue weighted by Crippen LogP contribution is 2.35. The van der Waals surface area contributed by atoms with Gasteiger partial charge in [0.25, 0.3) is 0 Å². The van der Waals surface area contributed by atoms with Gasteiger partial charge in [-0.25, -0.2) is 0 Å². The number of H-pyrrole nitrogens is 2. The Labute approximate surface area is 241 Å². The number of aromatic amines is 2. The van der Waals surface area contributed by atoms with Gasteiger partial charge in [-0.2, -0.15) is 0 Å². The molecule has 2 aromatic heterocycles. The summed E-state index contributed by atoms with van der Waals surface area (Å²) in [7, 11) is 1.57. The van der Waals surface area contributed by atoms with Gasteiger partial charge >= 0.3 is 5.97 Å². The normalized spacial score (nSPS) is 13.0. The van der Waals surface area contributed by atoms with E-state index in [9.17, 15) is 19.5 Å². The molecule has 0 saturated heterocycles. The molecular formula is C33H42N4O4. The Hall–Kier alpha value is -4.07. The Morgan fingerprint density at radius 1 is 0.976 bits per heavy atom. The van der Waals surface area contributed by atoms with E-state index in [2.05, 4.69) is 22.2 Å². The molecule has 4 aromatic rings. The zero-order valence-electron chi connectivity index (χ0n) is 24.5. The van der Waals surface area contributed by atoms with Crippen molar-refractivity contribution in [3.63, 3.8) is 0 Å². The van der Waals surface area contributed by atoms with Crippen LogP contribution in [0.3, 0.4) is 0 Å². The van der Waals surface area contributed by atoms with Crippen LogP contribution in [0.4, 0.5) is 5.82 Å². The Balaban J connectivity index is 1.91. The number of carbonyl (C=O) groups is 3. The summed E-state index contributed by atoms with van der Waals surface area (Å²) in [6, 6.07) is 14.9. The van der Waals surface area contributed by atoms with Gasteiger partial charge in [0.05, 0.1) is 6.42 Å². The van der Waals surface area contributed by atoms with Crippen molar-refractivity contribution in [2.75, 3.05) is 11.9 Å². The van der Waals surface area contributed by atoms with Crippen molar-refractivity contribution in [2.45, 2.75) is 71.8 Å². The third-order valence-electron chi connectivity index (χ3n) is 7.77. The number of hydrogen-bond acceptors (Lipinski definition) is 3. The van der Waals surface area contributed by atoms with Gasteiger partial charge in [0.15, 0.2) is 0 Å². The number of likely N-dealkylation sites (N-methyl/N-ethyl adjacent to an activating group) is 1. The van der Waals surface area contributed by atoms with Crippen molar-refractivity contribution in [1.82, 2.24) is 15.3 Å². The molecule has 2 atom stereocenters. The first-order chi connectivity index (χ1) is 19.7. The van der Waals surface area contributed by atoms with Crippen LogP contribution in [-0.4, -0.2) is 45.9 Å². The summed E-state index contributed by atoms with van der Waals surface area (Å²) in [6.07, 6.45) is 6.02. The number of carbonyl (C=O) groups excluding carboxylic acids is 2. The topological polar surface area (TPSA) is 118 Å². The lowest BCUT2D eigenvalue weighted by atomic mass is 9.91. The average molecular weight is 559 g/mol. The molecule has 8 nitrogen and oxygen atoms in total. The number of amides is 2. The highest BCUT2D eigenvalue weighted by Gasteiger charge is 2.38. The number of fused-ring (bicyclic) bond motifs is 2. The van der Waals surface area contributed by atoms with Crippen molar-refractivity contribution in [1.29, 1.82) is 0 Å². The van der Waals surface area contributed by atoms with Crippen LogP contribution < -0.4 is 10.2 Å². The maximum atomic E-state index is 14.6. The van der Waals surface area contributed by atoms with E-state index >= 15 is 0 Å². The van der Waals surface area contributed by atoms with E-state index < -0.39 is 17.9 Å². The zero-order valence-corrected chi connectivity index (χ0v) is 24.5. The number of nitrogens with zero attached hydrogens (tertiary/aromatic N) is 1. The summed E-state index contributed by atoms with van der Waals surface area (Å²) in [5.74, 6) is -1.78. The van der Waals surface area contributed by atoms with Gasteiger partial charge in [-0.05, 0) is 42.9 Å². The van der Waals surface area contributed by atoms with Crippen LogP contribution >= 0.6 is 0 Å². The van der Waals surface area contributed by atoms with Gasteiger partial charge in [0.1, 0.15) is 11.9 Å². The van der Waals surface area contributed by atoms with E-state index in [1.54, 1.807) is 11.9 Å². The Bertz CT molecular complexity index is 1500. The summed E-state index contributed by atoms with van der Waals surface area (Å²) in [4.78, 5) is 48.6. The number of benzene rings is 2. The molecule has 2 heterocycles. The van der Waals surface area contributed by atoms with E-state index in [1.807, 2.05) is 68.6 Å². The molecule has 2 amide bonds. The van der Waals surface area contributed by atoms with Crippen molar-refractivity contribution in [3.05, 3.63) is 65.9 Å².